The van der Waals surface area contributed by atoms with Crippen molar-refractivity contribution in [2.24, 2.45) is 0 Å². The number of carbonyl (C=O) groups excluding carboxylic acids is 4. The lowest BCUT2D eigenvalue weighted by molar-refractivity contribution is -0.153. The van der Waals surface area contributed by atoms with Gasteiger partial charge in [0.1, 0.15) is 23.6 Å². The second-order valence-electron chi connectivity index (χ2n) is 14.5. The zero-order valence-electron chi connectivity index (χ0n) is 30.8. The van der Waals surface area contributed by atoms with Gasteiger partial charge in [0.15, 0.2) is 11.2 Å². The summed E-state index contributed by atoms with van der Waals surface area (Å²) < 4.78 is 6.17. The Morgan fingerprint density at radius 1 is 0.564 bits per heavy atom. The summed E-state index contributed by atoms with van der Waals surface area (Å²) in [5.41, 5.74) is 0.180. The maximum Gasteiger partial charge on any atom is 0.259 e. The molecule has 2 aliphatic rings. The van der Waals surface area contributed by atoms with Crippen LogP contribution in [0.5, 0.6) is 0 Å². The highest BCUT2D eigenvalue weighted by molar-refractivity contribution is 6.00. The van der Waals surface area contributed by atoms with Gasteiger partial charge in [-0.25, -0.2) is 0 Å². The van der Waals surface area contributed by atoms with Crippen molar-refractivity contribution in [2.75, 3.05) is 23.7 Å². The monoisotopic (exact) mass is 740 g/mol. The molecule has 0 aliphatic carbocycles. The standard InChI is InChI=1S/C44H44N4O7/c1-43(53,31-11-5-3-6-12-31)41(51)47-27-9-15-35(47)39(49)45-33-21-17-29(18-22-33)37-25-26-38(55-37)30-19-23-34(24-20-30)46-40(50)36-16-10-28-48(36)42(52)44(2,54)32-13-7-4-8-14-32/h3-8,11-14,17-26,35-36,53-54H,9-10,15-16,27-28H2,1-2H3,(H,45,49)(H,46,50)/t35-,36-,43+,44+/m0/s1. The van der Waals surface area contributed by atoms with Gasteiger partial charge in [-0.2, -0.15) is 0 Å². The van der Waals surface area contributed by atoms with Crippen LogP contribution in [0.25, 0.3) is 22.6 Å². The predicted octanol–water partition coefficient (Wildman–Crippen LogP) is 6.29. The second kappa shape index (κ2) is 15.4. The summed E-state index contributed by atoms with van der Waals surface area (Å²) in [7, 11) is 0. The second-order valence-corrected chi connectivity index (χ2v) is 14.5. The molecule has 2 aliphatic heterocycles. The number of furan rings is 1. The molecule has 3 heterocycles. The molecule has 282 valence electrons. The Labute approximate surface area is 319 Å². The van der Waals surface area contributed by atoms with Gasteiger partial charge in [-0.15, -0.1) is 0 Å². The first-order valence-electron chi connectivity index (χ1n) is 18.5. The fourth-order valence-corrected chi connectivity index (χ4v) is 7.43. The maximum absolute atomic E-state index is 13.4. The number of benzene rings is 4. The van der Waals surface area contributed by atoms with E-state index in [1.54, 1.807) is 72.8 Å². The summed E-state index contributed by atoms with van der Waals surface area (Å²) in [6, 6.07) is 34.2. The van der Waals surface area contributed by atoms with Crippen LogP contribution >= 0.6 is 0 Å². The van der Waals surface area contributed by atoms with Gasteiger partial charge in [0.25, 0.3) is 11.8 Å². The van der Waals surface area contributed by atoms with Crippen molar-refractivity contribution in [3.05, 3.63) is 132 Å². The van der Waals surface area contributed by atoms with Crippen LogP contribution < -0.4 is 10.6 Å². The number of carbonyl (C=O) groups is 4. The van der Waals surface area contributed by atoms with E-state index in [-0.39, 0.29) is 11.8 Å². The van der Waals surface area contributed by atoms with E-state index in [2.05, 4.69) is 10.6 Å². The van der Waals surface area contributed by atoms with Crippen molar-refractivity contribution >= 4 is 35.0 Å². The molecule has 2 fully saturated rings. The highest BCUT2D eigenvalue weighted by atomic mass is 16.3. The molecule has 4 N–H and O–H groups in total. The summed E-state index contributed by atoms with van der Waals surface area (Å²) in [6.07, 6.45) is 2.33. The number of anilines is 2. The van der Waals surface area contributed by atoms with Gasteiger partial charge in [-0.3, -0.25) is 19.2 Å². The molecule has 55 heavy (non-hydrogen) atoms. The van der Waals surface area contributed by atoms with Gasteiger partial charge in [-0.05, 0) is 111 Å². The number of nitrogens with one attached hydrogen (secondary N) is 2. The number of aliphatic hydroxyl groups is 2. The van der Waals surface area contributed by atoms with Crippen LogP contribution in [0, 0.1) is 0 Å². The number of rotatable bonds is 10. The summed E-state index contributed by atoms with van der Waals surface area (Å²) in [5.74, 6) is -0.380. The van der Waals surface area contributed by atoms with Gasteiger partial charge in [0.2, 0.25) is 11.8 Å². The average Bonchev–Trinajstić information content (AvgIpc) is 4.01. The molecular weight excluding hydrogens is 697 g/mol. The Hall–Kier alpha value is -6.04. The van der Waals surface area contributed by atoms with Crippen LogP contribution in [0.1, 0.15) is 50.7 Å². The lowest BCUT2D eigenvalue weighted by Crippen LogP contribution is -2.50. The first kappa shape index (κ1) is 37.3. The predicted molar refractivity (Wildman–Crippen MR) is 208 cm³/mol. The van der Waals surface area contributed by atoms with Crippen molar-refractivity contribution < 1.29 is 33.8 Å². The Bertz CT molecular complexity index is 2010. The van der Waals surface area contributed by atoms with E-state index in [4.69, 9.17) is 4.42 Å². The summed E-state index contributed by atoms with van der Waals surface area (Å²) in [5, 5.41) is 28.1. The zero-order valence-corrected chi connectivity index (χ0v) is 30.8. The molecule has 0 radical (unpaired) electrons. The van der Waals surface area contributed by atoms with Crippen molar-refractivity contribution in [2.45, 2.75) is 62.8 Å². The van der Waals surface area contributed by atoms with E-state index in [1.165, 1.54) is 23.6 Å². The highest BCUT2D eigenvalue weighted by Gasteiger charge is 2.44. The molecule has 0 saturated carbocycles. The van der Waals surface area contributed by atoms with Crippen molar-refractivity contribution in [1.29, 1.82) is 0 Å². The molecule has 0 spiro atoms. The molecule has 5 aromatic rings. The van der Waals surface area contributed by atoms with E-state index < -0.39 is 35.1 Å². The van der Waals surface area contributed by atoms with Gasteiger partial charge in [0.05, 0.1) is 0 Å². The quantitative estimate of drug-likeness (QED) is 0.131. The third-order valence-corrected chi connectivity index (χ3v) is 10.6. The van der Waals surface area contributed by atoms with Gasteiger partial charge < -0.3 is 35.1 Å². The van der Waals surface area contributed by atoms with Crippen LogP contribution in [0.4, 0.5) is 11.4 Å². The topological polar surface area (TPSA) is 152 Å². The molecule has 11 heteroatoms. The number of amides is 4. The molecule has 4 amide bonds. The minimum atomic E-state index is -1.75. The molecule has 0 unspecified atom stereocenters. The first-order valence-corrected chi connectivity index (χ1v) is 18.5. The minimum Gasteiger partial charge on any atom is -0.456 e. The Kier molecular flexibility index (Phi) is 10.4. The van der Waals surface area contributed by atoms with Crippen molar-refractivity contribution in [1.82, 2.24) is 9.80 Å². The van der Waals surface area contributed by atoms with Crippen LogP contribution in [0.3, 0.4) is 0 Å². The minimum absolute atomic E-state index is 0.312. The molecular formula is C44H44N4O7. The Morgan fingerprint density at radius 3 is 1.29 bits per heavy atom. The van der Waals surface area contributed by atoms with Crippen LogP contribution in [-0.4, -0.2) is 68.8 Å². The van der Waals surface area contributed by atoms with E-state index in [0.717, 1.165) is 11.1 Å². The van der Waals surface area contributed by atoms with Crippen LogP contribution in [0.15, 0.2) is 126 Å². The van der Waals surface area contributed by atoms with Gasteiger partial charge >= 0.3 is 0 Å². The van der Waals surface area contributed by atoms with E-state index in [0.29, 0.717) is 72.8 Å². The van der Waals surface area contributed by atoms with E-state index in [1.807, 2.05) is 48.5 Å². The SMILES string of the molecule is C[C@](O)(C(=O)N1CCC[C@H]1C(=O)Nc1ccc(-c2ccc(-c3ccc(NC(=O)[C@@H]4CCCN4C(=O)[C@](C)(O)c4ccccc4)cc3)o2)cc1)c1ccccc1. The third kappa shape index (κ3) is 7.67. The average molecular weight is 741 g/mol. The fourth-order valence-electron chi connectivity index (χ4n) is 7.43. The Morgan fingerprint density at radius 2 is 0.927 bits per heavy atom. The summed E-state index contributed by atoms with van der Waals surface area (Å²) >= 11 is 0. The first-order chi connectivity index (χ1) is 26.4. The normalized spacial score (nSPS) is 19.0. The molecule has 2 saturated heterocycles. The summed E-state index contributed by atoms with van der Waals surface area (Å²) in [4.78, 5) is 56.4. The number of nitrogens with zero attached hydrogens (tertiary/aromatic N) is 2. The summed E-state index contributed by atoms with van der Waals surface area (Å²) in [6.45, 7) is 3.70. The van der Waals surface area contributed by atoms with E-state index >= 15 is 0 Å². The lowest BCUT2D eigenvalue weighted by atomic mass is 9.94. The highest BCUT2D eigenvalue weighted by Crippen LogP contribution is 2.33. The van der Waals surface area contributed by atoms with Crippen LogP contribution in [-0.2, 0) is 30.4 Å². The zero-order chi connectivity index (χ0) is 38.7. The number of likely N-dealkylation sites (tertiary alicyclic amines) is 2. The largest absolute Gasteiger partial charge is 0.456 e. The molecule has 0 bridgehead atoms. The molecule has 1 aromatic heterocycles. The number of hydrogen-bond donors (Lipinski definition) is 4. The number of hydrogen-bond acceptors (Lipinski definition) is 7. The van der Waals surface area contributed by atoms with Gasteiger partial charge in [0, 0.05) is 35.6 Å². The lowest BCUT2D eigenvalue weighted by Gasteiger charge is -2.31. The Balaban J connectivity index is 0.950. The molecule has 11 nitrogen and oxygen atoms in total. The maximum atomic E-state index is 13.4. The van der Waals surface area contributed by atoms with E-state index in [9.17, 15) is 29.4 Å². The van der Waals surface area contributed by atoms with Crippen LogP contribution in [0.2, 0.25) is 0 Å². The van der Waals surface area contributed by atoms with Crippen molar-refractivity contribution in [3.8, 4) is 22.6 Å². The van der Waals surface area contributed by atoms with Crippen molar-refractivity contribution in [3.63, 3.8) is 0 Å². The molecule has 7 rings (SSSR count). The van der Waals surface area contributed by atoms with Gasteiger partial charge in [-0.1, -0.05) is 60.7 Å². The molecule has 4 atom stereocenters. The smallest absolute Gasteiger partial charge is 0.259 e. The third-order valence-electron chi connectivity index (χ3n) is 10.6. The molecule has 4 aromatic carbocycles. The fraction of sp³-hybridized carbons (Fsp3) is 0.273.